The Kier molecular flexibility index (Phi) is 11.5. The molecule has 5 aromatic rings. The fraction of sp³-hybridized carbons (Fsp3) is 0.225. The first-order chi connectivity index (χ1) is 24.7. The van der Waals surface area contributed by atoms with E-state index < -0.39 is 46.8 Å². The largest absolute Gasteiger partial charge is 0.392 e. The quantitative estimate of drug-likeness (QED) is 0.0783. The molecular formula is C40H35F5N2O4. The molecule has 0 aromatic heterocycles. The number of aliphatic hydroxyl groups is 1. The van der Waals surface area contributed by atoms with E-state index in [1.54, 1.807) is 24.3 Å². The van der Waals surface area contributed by atoms with E-state index in [4.69, 9.17) is 9.47 Å². The van der Waals surface area contributed by atoms with Crippen LogP contribution in [0.25, 0.3) is 0 Å². The molecule has 51 heavy (non-hydrogen) atoms. The van der Waals surface area contributed by atoms with Crippen LogP contribution in [0.4, 0.5) is 22.0 Å². The monoisotopic (exact) mass is 702 g/mol. The predicted molar refractivity (Wildman–Crippen MR) is 179 cm³/mol. The van der Waals surface area contributed by atoms with Crippen LogP contribution >= 0.6 is 0 Å². The standard InChI is InChI=1S/C40H35F5N2O4/c41-34-33(35(42)37(44)38(45)36(34)43)39(49)46-20-25-11-17-30(18-12-25)40-50-31(19-32(51-40)29-15-13-28(24-48)14-16-29)23-47(21-26-7-3-1-4-8-26)22-27-9-5-2-6-10-27/h1-18,31-32,40,48H,19-24H2,(H,46,49). The Morgan fingerprint density at radius 2 is 1.16 bits per heavy atom. The van der Waals surface area contributed by atoms with Gasteiger partial charge in [-0.05, 0) is 27.8 Å². The fourth-order valence-electron chi connectivity index (χ4n) is 6.06. The third-order valence-electron chi connectivity index (χ3n) is 8.72. The van der Waals surface area contributed by atoms with Crippen LogP contribution in [0.3, 0.4) is 0 Å². The van der Waals surface area contributed by atoms with Gasteiger partial charge in [-0.3, -0.25) is 9.69 Å². The summed E-state index contributed by atoms with van der Waals surface area (Å²) in [6, 6.07) is 34.7. The van der Waals surface area contributed by atoms with Crippen molar-refractivity contribution in [1.82, 2.24) is 10.2 Å². The molecule has 1 aliphatic rings. The van der Waals surface area contributed by atoms with Gasteiger partial charge in [0, 0.05) is 38.2 Å². The van der Waals surface area contributed by atoms with Gasteiger partial charge < -0.3 is 19.9 Å². The van der Waals surface area contributed by atoms with Crippen molar-refractivity contribution in [2.45, 2.75) is 51.2 Å². The van der Waals surface area contributed by atoms with Crippen molar-refractivity contribution in [3.8, 4) is 0 Å². The summed E-state index contributed by atoms with van der Waals surface area (Å²) in [6.07, 6.45) is -0.800. The Balaban J connectivity index is 1.20. The number of nitrogens with one attached hydrogen (secondary N) is 1. The SMILES string of the molecule is O=C(NCc1ccc(C2OC(CN(Cc3ccccc3)Cc3ccccc3)CC(c3ccc(CO)cc3)O2)cc1)c1c(F)c(F)c(F)c(F)c1F. The first-order valence-electron chi connectivity index (χ1n) is 16.4. The van der Waals surface area contributed by atoms with E-state index in [1.165, 1.54) is 0 Å². The van der Waals surface area contributed by atoms with Crippen molar-refractivity contribution in [2.75, 3.05) is 6.54 Å². The summed E-state index contributed by atoms with van der Waals surface area (Å²) in [5, 5.41) is 11.8. The molecule has 264 valence electrons. The van der Waals surface area contributed by atoms with Gasteiger partial charge in [0.15, 0.2) is 29.6 Å². The van der Waals surface area contributed by atoms with Gasteiger partial charge in [-0.25, -0.2) is 22.0 Å². The molecule has 0 radical (unpaired) electrons. The van der Waals surface area contributed by atoms with Crippen LogP contribution in [0, 0.1) is 29.1 Å². The Morgan fingerprint density at radius 1 is 0.647 bits per heavy atom. The number of benzene rings is 5. The predicted octanol–water partition coefficient (Wildman–Crippen LogP) is 8.05. The van der Waals surface area contributed by atoms with Crippen molar-refractivity contribution < 1.29 is 41.3 Å². The second kappa shape index (κ2) is 16.4. The first-order valence-corrected chi connectivity index (χ1v) is 16.4. The molecule has 0 saturated carbocycles. The summed E-state index contributed by atoms with van der Waals surface area (Å²) in [5.41, 5.74) is 3.65. The van der Waals surface area contributed by atoms with Gasteiger partial charge in [0.05, 0.1) is 18.8 Å². The minimum atomic E-state index is -2.34. The van der Waals surface area contributed by atoms with Crippen LogP contribution in [0.1, 0.15) is 62.6 Å². The number of aliphatic hydroxyl groups excluding tert-OH is 1. The molecule has 3 unspecified atom stereocenters. The lowest BCUT2D eigenvalue weighted by molar-refractivity contribution is -0.253. The maximum Gasteiger partial charge on any atom is 0.257 e. The van der Waals surface area contributed by atoms with Gasteiger partial charge in [-0.1, -0.05) is 109 Å². The normalized spacial score (nSPS) is 17.4. The van der Waals surface area contributed by atoms with Gasteiger partial charge in [-0.2, -0.15) is 0 Å². The highest BCUT2D eigenvalue weighted by atomic mass is 19.2. The van der Waals surface area contributed by atoms with Crippen LogP contribution in [-0.2, 0) is 35.7 Å². The van der Waals surface area contributed by atoms with E-state index >= 15 is 0 Å². The first kappa shape index (κ1) is 35.9. The molecule has 3 atom stereocenters. The van der Waals surface area contributed by atoms with E-state index in [9.17, 15) is 31.9 Å². The summed E-state index contributed by atoms with van der Waals surface area (Å²) in [6.45, 7) is 1.66. The molecule has 0 spiro atoms. The van der Waals surface area contributed by atoms with Crippen molar-refractivity contribution in [3.63, 3.8) is 0 Å². The molecule has 1 saturated heterocycles. The van der Waals surface area contributed by atoms with Crippen molar-refractivity contribution >= 4 is 5.91 Å². The average Bonchev–Trinajstić information content (AvgIpc) is 3.16. The number of hydrogen-bond donors (Lipinski definition) is 2. The average molecular weight is 703 g/mol. The molecule has 0 bridgehead atoms. The Morgan fingerprint density at radius 3 is 1.71 bits per heavy atom. The zero-order chi connectivity index (χ0) is 35.9. The number of hydrogen-bond acceptors (Lipinski definition) is 5. The molecule has 0 aliphatic carbocycles. The minimum absolute atomic E-state index is 0.0809. The van der Waals surface area contributed by atoms with Gasteiger partial charge in [-0.15, -0.1) is 0 Å². The number of halogens is 5. The molecule has 2 N–H and O–H groups in total. The van der Waals surface area contributed by atoms with Crippen molar-refractivity contribution in [1.29, 1.82) is 0 Å². The highest BCUT2D eigenvalue weighted by molar-refractivity contribution is 5.94. The Labute approximate surface area is 292 Å². The third kappa shape index (κ3) is 8.69. The van der Waals surface area contributed by atoms with Gasteiger partial charge in [0.2, 0.25) is 5.82 Å². The fourth-order valence-corrected chi connectivity index (χ4v) is 6.06. The number of amides is 1. The smallest absolute Gasteiger partial charge is 0.257 e. The van der Waals surface area contributed by atoms with Crippen molar-refractivity contribution in [2.24, 2.45) is 0 Å². The molecule has 1 aliphatic heterocycles. The lowest BCUT2D eigenvalue weighted by Crippen LogP contribution is -2.39. The highest BCUT2D eigenvalue weighted by Gasteiger charge is 2.34. The molecule has 11 heteroatoms. The van der Waals surface area contributed by atoms with E-state index in [1.807, 2.05) is 60.7 Å². The molecule has 1 amide bonds. The Bertz CT molecular complexity index is 1860. The zero-order valence-electron chi connectivity index (χ0n) is 27.4. The van der Waals surface area contributed by atoms with Crippen molar-refractivity contribution in [3.05, 3.63) is 177 Å². The highest BCUT2D eigenvalue weighted by Crippen LogP contribution is 2.38. The number of rotatable bonds is 12. The molecule has 1 fully saturated rings. The van der Waals surface area contributed by atoms with Crippen LogP contribution in [0.15, 0.2) is 109 Å². The van der Waals surface area contributed by atoms with E-state index in [2.05, 4.69) is 34.5 Å². The van der Waals surface area contributed by atoms with Crippen LogP contribution in [-0.4, -0.2) is 28.6 Å². The van der Waals surface area contributed by atoms with Gasteiger partial charge >= 0.3 is 0 Å². The number of carbonyl (C=O) groups is 1. The van der Waals surface area contributed by atoms with Gasteiger partial charge in [0.1, 0.15) is 5.56 Å². The van der Waals surface area contributed by atoms with E-state index in [-0.39, 0.29) is 25.4 Å². The maximum atomic E-state index is 14.1. The Hall–Kier alpha value is -4.94. The topological polar surface area (TPSA) is 71.0 Å². The molecule has 6 rings (SSSR count). The number of carbonyl (C=O) groups excluding carboxylic acids is 1. The molecule has 1 heterocycles. The summed E-state index contributed by atoms with van der Waals surface area (Å²) in [7, 11) is 0. The van der Waals surface area contributed by atoms with Gasteiger partial charge in [0.25, 0.3) is 5.91 Å². The summed E-state index contributed by atoms with van der Waals surface area (Å²) in [5.74, 6) is -12.6. The summed E-state index contributed by atoms with van der Waals surface area (Å²) in [4.78, 5) is 14.8. The lowest BCUT2D eigenvalue weighted by Gasteiger charge is -2.38. The molecule has 5 aromatic carbocycles. The molecule has 6 nitrogen and oxygen atoms in total. The zero-order valence-corrected chi connectivity index (χ0v) is 27.4. The van der Waals surface area contributed by atoms with E-state index in [0.29, 0.717) is 37.2 Å². The lowest BCUT2D eigenvalue weighted by atomic mass is 9.99. The molecular weight excluding hydrogens is 667 g/mol. The van der Waals surface area contributed by atoms with Crippen LogP contribution in [0.5, 0.6) is 0 Å². The number of ether oxygens (including phenoxy) is 2. The van der Waals surface area contributed by atoms with Crippen LogP contribution in [0.2, 0.25) is 0 Å². The second-order valence-corrected chi connectivity index (χ2v) is 12.4. The van der Waals surface area contributed by atoms with E-state index in [0.717, 1.165) is 22.3 Å². The number of nitrogens with zero attached hydrogens (tertiary/aromatic N) is 1. The minimum Gasteiger partial charge on any atom is -0.392 e. The third-order valence-corrected chi connectivity index (χ3v) is 8.72. The summed E-state index contributed by atoms with van der Waals surface area (Å²) < 4.78 is 82.0. The maximum absolute atomic E-state index is 14.1. The summed E-state index contributed by atoms with van der Waals surface area (Å²) >= 11 is 0. The van der Waals surface area contributed by atoms with Crippen LogP contribution < -0.4 is 5.32 Å². The second-order valence-electron chi connectivity index (χ2n) is 12.4.